The fraction of sp³-hybridized carbons (Fsp3) is 1.00. The van der Waals surface area contributed by atoms with Crippen LogP contribution in [0.4, 0.5) is 8.78 Å². The highest BCUT2D eigenvalue weighted by molar-refractivity contribution is 4.80. The average molecular weight is 177 g/mol. The van der Waals surface area contributed by atoms with Crippen molar-refractivity contribution in [2.45, 2.75) is 51.0 Å². The van der Waals surface area contributed by atoms with Gasteiger partial charge in [0, 0.05) is 18.9 Å². The van der Waals surface area contributed by atoms with Gasteiger partial charge in [-0.15, -0.1) is 0 Å². The monoisotopic (exact) mass is 177 g/mol. The first kappa shape index (κ1) is 9.90. The van der Waals surface area contributed by atoms with E-state index in [1.165, 1.54) is 0 Å². The molecule has 0 aromatic heterocycles. The topological polar surface area (TPSA) is 12.0 Å². The van der Waals surface area contributed by atoms with Gasteiger partial charge in [-0.05, 0) is 19.4 Å². The van der Waals surface area contributed by atoms with E-state index < -0.39 is 5.92 Å². The Bertz CT molecular complexity index is 136. The Balaban J connectivity index is 2.42. The SMILES string of the molecule is CCNC1CCCCC(F)(F)C1. The number of rotatable bonds is 2. The molecule has 1 unspecified atom stereocenters. The van der Waals surface area contributed by atoms with Crippen LogP contribution in [0.15, 0.2) is 0 Å². The Kier molecular flexibility index (Phi) is 3.44. The van der Waals surface area contributed by atoms with Gasteiger partial charge in [-0.25, -0.2) is 8.78 Å². The summed E-state index contributed by atoms with van der Waals surface area (Å²) in [4.78, 5) is 0. The van der Waals surface area contributed by atoms with E-state index in [0.717, 1.165) is 19.4 Å². The Labute approximate surface area is 72.5 Å². The first-order valence-corrected chi connectivity index (χ1v) is 4.75. The van der Waals surface area contributed by atoms with Gasteiger partial charge in [0.1, 0.15) is 0 Å². The van der Waals surface area contributed by atoms with Crippen molar-refractivity contribution < 1.29 is 8.78 Å². The predicted molar refractivity (Wildman–Crippen MR) is 45.5 cm³/mol. The average Bonchev–Trinajstić information content (AvgIpc) is 2.11. The number of hydrogen-bond donors (Lipinski definition) is 1. The highest BCUT2D eigenvalue weighted by Crippen LogP contribution is 2.31. The minimum Gasteiger partial charge on any atom is -0.314 e. The van der Waals surface area contributed by atoms with Gasteiger partial charge in [0.15, 0.2) is 0 Å². The lowest BCUT2D eigenvalue weighted by atomic mass is 10.1. The summed E-state index contributed by atoms with van der Waals surface area (Å²) in [7, 11) is 0. The quantitative estimate of drug-likeness (QED) is 0.639. The number of hydrogen-bond acceptors (Lipinski definition) is 1. The van der Waals surface area contributed by atoms with Crippen molar-refractivity contribution in [3.05, 3.63) is 0 Å². The molecule has 1 aliphatic carbocycles. The fourth-order valence-corrected chi connectivity index (χ4v) is 1.80. The molecule has 0 aromatic carbocycles. The van der Waals surface area contributed by atoms with Gasteiger partial charge in [0.25, 0.3) is 0 Å². The van der Waals surface area contributed by atoms with E-state index in [9.17, 15) is 8.78 Å². The minimum absolute atomic E-state index is 0.0286. The number of nitrogens with one attached hydrogen (secondary N) is 1. The molecular formula is C9H17F2N. The summed E-state index contributed by atoms with van der Waals surface area (Å²) in [6.07, 6.45) is 2.63. The molecule has 1 aliphatic rings. The highest BCUT2D eigenvalue weighted by atomic mass is 19.3. The number of alkyl halides is 2. The van der Waals surface area contributed by atoms with Crippen molar-refractivity contribution >= 4 is 0 Å². The molecule has 1 atom stereocenters. The maximum atomic E-state index is 13.0. The molecule has 0 aromatic rings. The standard InChI is InChI=1S/C9H17F2N/c1-2-12-8-5-3-4-6-9(10,11)7-8/h8,12H,2-7H2,1H3. The van der Waals surface area contributed by atoms with E-state index in [2.05, 4.69) is 5.32 Å². The Morgan fingerprint density at radius 2 is 2.17 bits per heavy atom. The zero-order valence-electron chi connectivity index (χ0n) is 7.58. The van der Waals surface area contributed by atoms with Gasteiger partial charge in [0.05, 0.1) is 0 Å². The molecule has 1 fully saturated rings. The molecule has 1 saturated carbocycles. The van der Waals surface area contributed by atoms with E-state index in [1.807, 2.05) is 6.92 Å². The maximum Gasteiger partial charge on any atom is 0.249 e. The van der Waals surface area contributed by atoms with E-state index in [0.29, 0.717) is 6.42 Å². The van der Waals surface area contributed by atoms with Crippen molar-refractivity contribution in [2.75, 3.05) is 6.54 Å². The molecule has 0 heterocycles. The van der Waals surface area contributed by atoms with Gasteiger partial charge < -0.3 is 5.32 Å². The third-order valence-corrected chi connectivity index (χ3v) is 2.38. The summed E-state index contributed by atoms with van der Waals surface area (Å²) in [5.41, 5.74) is 0. The van der Waals surface area contributed by atoms with E-state index in [1.54, 1.807) is 0 Å². The lowest BCUT2D eigenvalue weighted by Gasteiger charge is -2.19. The van der Waals surface area contributed by atoms with Gasteiger partial charge >= 0.3 is 0 Å². The van der Waals surface area contributed by atoms with Crippen LogP contribution in [-0.2, 0) is 0 Å². The van der Waals surface area contributed by atoms with Crippen LogP contribution in [0.1, 0.15) is 39.0 Å². The minimum atomic E-state index is -2.43. The van der Waals surface area contributed by atoms with E-state index in [-0.39, 0.29) is 18.9 Å². The van der Waals surface area contributed by atoms with Gasteiger partial charge in [0.2, 0.25) is 5.92 Å². The first-order chi connectivity index (χ1) is 5.64. The molecule has 0 aliphatic heterocycles. The molecule has 1 nitrogen and oxygen atoms in total. The van der Waals surface area contributed by atoms with Crippen LogP contribution in [0.3, 0.4) is 0 Å². The molecule has 72 valence electrons. The van der Waals surface area contributed by atoms with Crippen LogP contribution in [0.25, 0.3) is 0 Å². The lowest BCUT2D eigenvalue weighted by molar-refractivity contribution is -0.0199. The molecule has 3 heteroatoms. The van der Waals surface area contributed by atoms with Crippen LogP contribution >= 0.6 is 0 Å². The molecule has 0 saturated heterocycles. The normalized spacial score (nSPS) is 29.8. The molecule has 1 rings (SSSR count). The second kappa shape index (κ2) is 4.17. The van der Waals surface area contributed by atoms with Gasteiger partial charge in [-0.2, -0.15) is 0 Å². The van der Waals surface area contributed by atoms with E-state index >= 15 is 0 Å². The van der Waals surface area contributed by atoms with Crippen molar-refractivity contribution in [3.63, 3.8) is 0 Å². The van der Waals surface area contributed by atoms with Crippen LogP contribution in [0.2, 0.25) is 0 Å². The number of halogens is 2. The third-order valence-electron chi connectivity index (χ3n) is 2.38. The Hall–Kier alpha value is -0.180. The summed E-state index contributed by atoms with van der Waals surface area (Å²) in [5, 5.41) is 3.10. The zero-order valence-corrected chi connectivity index (χ0v) is 7.58. The fourth-order valence-electron chi connectivity index (χ4n) is 1.80. The molecular weight excluding hydrogens is 160 g/mol. The summed E-state index contributed by atoms with van der Waals surface area (Å²) >= 11 is 0. The van der Waals surface area contributed by atoms with Gasteiger partial charge in [-0.3, -0.25) is 0 Å². The summed E-state index contributed by atoms with van der Waals surface area (Å²) in [6, 6.07) is 0.0347. The van der Waals surface area contributed by atoms with Crippen molar-refractivity contribution in [3.8, 4) is 0 Å². The Morgan fingerprint density at radius 3 is 2.83 bits per heavy atom. The van der Waals surface area contributed by atoms with Crippen LogP contribution in [-0.4, -0.2) is 18.5 Å². The lowest BCUT2D eigenvalue weighted by Crippen LogP contribution is -2.33. The second-order valence-electron chi connectivity index (χ2n) is 3.56. The van der Waals surface area contributed by atoms with Crippen molar-refractivity contribution in [2.24, 2.45) is 0 Å². The summed E-state index contributed by atoms with van der Waals surface area (Å²) < 4.78 is 26.0. The molecule has 0 radical (unpaired) electrons. The van der Waals surface area contributed by atoms with Crippen LogP contribution < -0.4 is 5.32 Å². The highest BCUT2D eigenvalue weighted by Gasteiger charge is 2.33. The van der Waals surface area contributed by atoms with E-state index in [4.69, 9.17) is 0 Å². The summed E-state index contributed by atoms with van der Waals surface area (Å²) in [5.74, 6) is -2.43. The maximum absolute atomic E-state index is 13.0. The van der Waals surface area contributed by atoms with Crippen molar-refractivity contribution in [1.82, 2.24) is 5.32 Å². The summed E-state index contributed by atoms with van der Waals surface area (Å²) in [6.45, 7) is 2.75. The van der Waals surface area contributed by atoms with Crippen LogP contribution in [0, 0.1) is 0 Å². The van der Waals surface area contributed by atoms with Crippen LogP contribution in [0.5, 0.6) is 0 Å². The third kappa shape index (κ3) is 3.05. The molecule has 0 spiro atoms. The molecule has 0 bridgehead atoms. The second-order valence-corrected chi connectivity index (χ2v) is 3.56. The largest absolute Gasteiger partial charge is 0.314 e. The predicted octanol–water partition coefficient (Wildman–Crippen LogP) is 2.56. The van der Waals surface area contributed by atoms with Gasteiger partial charge in [-0.1, -0.05) is 13.3 Å². The zero-order chi connectivity index (χ0) is 9.03. The molecule has 1 N–H and O–H groups in total. The molecule has 0 amide bonds. The first-order valence-electron chi connectivity index (χ1n) is 4.75. The van der Waals surface area contributed by atoms with Crippen molar-refractivity contribution in [1.29, 1.82) is 0 Å². The smallest absolute Gasteiger partial charge is 0.249 e. The molecule has 12 heavy (non-hydrogen) atoms. The Morgan fingerprint density at radius 1 is 1.42 bits per heavy atom.